The third kappa shape index (κ3) is 3.49. The first-order valence-corrected chi connectivity index (χ1v) is 8.56. The molecule has 0 radical (unpaired) electrons. The number of imidazole rings is 1. The summed E-state index contributed by atoms with van der Waals surface area (Å²) in [5.74, 6) is 0.857. The lowest BCUT2D eigenvalue weighted by molar-refractivity contribution is -0.120. The molecule has 2 aromatic heterocycles. The van der Waals surface area contributed by atoms with E-state index in [4.69, 9.17) is 4.74 Å². The molecule has 0 saturated heterocycles. The molecule has 0 aliphatic carbocycles. The van der Waals surface area contributed by atoms with Gasteiger partial charge in [-0.1, -0.05) is 6.08 Å². The van der Waals surface area contributed by atoms with Crippen LogP contribution in [0.1, 0.15) is 12.1 Å². The molecule has 6 heteroatoms. The summed E-state index contributed by atoms with van der Waals surface area (Å²) in [7, 11) is 1.65. The van der Waals surface area contributed by atoms with Gasteiger partial charge < -0.3 is 10.1 Å². The first-order valence-electron chi connectivity index (χ1n) is 7.68. The number of hydrogen-bond donors (Lipinski definition) is 1. The number of benzene rings is 1. The Morgan fingerprint density at radius 1 is 1.42 bits per heavy atom. The van der Waals surface area contributed by atoms with E-state index in [0.717, 1.165) is 27.7 Å². The molecule has 5 nitrogen and oxygen atoms in total. The summed E-state index contributed by atoms with van der Waals surface area (Å²) in [6.45, 7) is 4.10. The van der Waals surface area contributed by atoms with Gasteiger partial charge in [-0.15, -0.1) is 17.9 Å². The van der Waals surface area contributed by atoms with Crippen LogP contribution in [0.4, 0.5) is 0 Å². The monoisotopic (exact) mass is 341 g/mol. The number of nitrogens with one attached hydrogen (secondary N) is 1. The van der Waals surface area contributed by atoms with E-state index in [9.17, 15) is 4.79 Å². The van der Waals surface area contributed by atoms with Crippen LogP contribution in [0.15, 0.2) is 48.5 Å². The van der Waals surface area contributed by atoms with Crippen molar-refractivity contribution in [2.24, 2.45) is 0 Å². The highest BCUT2D eigenvalue weighted by atomic mass is 32.1. The molecular formula is C18H19N3O2S. The zero-order valence-corrected chi connectivity index (χ0v) is 14.3. The Kier molecular flexibility index (Phi) is 4.96. The van der Waals surface area contributed by atoms with E-state index < -0.39 is 0 Å². The fourth-order valence-electron chi connectivity index (χ4n) is 2.43. The third-order valence-corrected chi connectivity index (χ3v) is 4.61. The molecule has 3 rings (SSSR count). The minimum atomic E-state index is 0.0322. The number of aryl methyl sites for hydroxylation is 1. The number of hydrogen-bond acceptors (Lipinski definition) is 4. The Morgan fingerprint density at radius 2 is 2.21 bits per heavy atom. The number of methoxy groups -OCH3 is 1. The maximum Gasteiger partial charge on any atom is 0.220 e. The Morgan fingerprint density at radius 3 is 2.92 bits per heavy atom. The van der Waals surface area contributed by atoms with E-state index in [1.807, 2.05) is 30.5 Å². The Hall–Kier alpha value is -2.60. The van der Waals surface area contributed by atoms with Crippen molar-refractivity contribution in [3.8, 4) is 17.0 Å². The standard InChI is InChI=1S/C18H19N3O2S/c1-3-10-19-17(22)9-6-14-12-24-18-20-16(11-21(14)18)13-4-7-15(23-2)8-5-13/h3-5,7-8,11-12H,1,6,9-10H2,2H3,(H,19,22). The van der Waals surface area contributed by atoms with E-state index in [2.05, 4.69) is 26.7 Å². The van der Waals surface area contributed by atoms with Crippen molar-refractivity contribution in [1.82, 2.24) is 14.7 Å². The molecule has 0 unspecified atom stereocenters. The number of amides is 1. The third-order valence-electron chi connectivity index (χ3n) is 3.72. The van der Waals surface area contributed by atoms with Gasteiger partial charge in [-0.2, -0.15) is 0 Å². The summed E-state index contributed by atoms with van der Waals surface area (Å²) in [4.78, 5) is 17.3. The van der Waals surface area contributed by atoms with Gasteiger partial charge in [-0.25, -0.2) is 4.98 Å². The van der Waals surface area contributed by atoms with Crippen molar-refractivity contribution < 1.29 is 9.53 Å². The number of thiazole rings is 1. The molecule has 0 aliphatic heterocycles. The summed E-state index contributed by atoms with van der Waals surface area (Å²) >= 11 is 1.59. The van der Waals surface area contributed by atoms with Crippen molar-refractivity contribution in [1.29, 1.82) is 0 Å². The van der Waals surface area contributed by atoms with Crippen LogP contribution in [-0.2, 0) is 11.2 Å². The van der Waals surface area contributed by atoms with Crippen LogP contribution in [0.5, 0.6) is 5.75 Å². The first-order chi connectivity index (χ1) is 11.7. The van der Waals surface area contributed by atoms with Gasteiger partial charge in [0.15, 0.2) is 4.96 Å². The molecule has 0 aliphatic rings. The van der Waals surface area contributed by atoms with E-state index in [1.165, 1.54) is 0 Å². The average Bonchev–Trinajstić information content (AvgIpc) is 3.19. The van der Waals surface area contributed by atoms with Gasteiger partial charge in [0.05, 0.1) is 12.8 Å². The van der Waals surface area contributed by atoms with Crippen LogP contribution in [0.2, 0.25) is 0 Å². The lowest BCUT2D eigenvalue weighted by atomic mass is 10.1. The summed E-state index contributed by atoms with van der Waals surface area (Å²) in [6, 6.07) is 7.84. The van der Waals surface area contributed by atoms with E-state index in [1.54, 1.807) is 24.5 Å². The second-order valence-corrected chi connectivity index (χ2v) is 6.16. The van der Waals surface area contributed by atoms with Crippen molar-refractivity contribution in [2.45, 2.75) is 12.8 Å². The summed E-state index contributed by atoms with van der Waals surface area (Å²) in [6.07, 6.45) is 4.83. The molecule has 2 heterocycles. The normalized spacial score (nSPS) is 10.7. The topological polar surface area (TPSA) is 55.6 Å². The van der Waals surface area contributed by atoms with E-state index >= 15 is 0 Å². The maximum absolute atomic E-state index is 11.7. The molecule has 0 bridgehead atoms. The largest absolute Gasteiger partial charge is 0.497 e. The summed E-state index contributed by atoms with van der Waals surface area (Å²) in [5, 5.41) is 4.85. The van der Waals surface area contributed by atoms with Gasteiger partial charge in [0, 0.05) is 35.8 Å². The van der Waals surface area contributed by atoms with Crippen molar-refractivity contribution >= 4 is 22.2 Å². The lowest BCUT2D eigenvalue weighted by Gasteiger charge is -2.02. The predicted octanol–water partition coefficient (Wildman–Crippen LogP) is 3.31. The van der Waals surface area contributed by atoms with Crippen LogP contribution in [0, 0.1) is 0 Å². The quantitative estimate of drug-likeness (QED) is 0.671. The smallest absolute Gasteiger partial charge is 0.220 e. The van der Waals surface area contributed by atoms with Crippen molar-refractivity contribution in [2.75, 3.05) is 13.7 Å². The maximum atomic E-state index is 11.7. The number of carbonyl (C=O) groups is 1. The van der Waals surface area contributed by atoms with Gasteiger partial charge in [0.1, 0.15) is 5.75 Å². The molecule has 1 aromatic carbocycles. The number of ether oxygens (including phenoxy) is 1. The number of rotatable bonds is 7. The predicted molar refractivity (Wildman–Crippen MR) is 96.6 cm³/mol. The Balaban J connectivity index is 1.75. The van der Waals surface area contributed by atoms with Gasteiger partial charge in [-0.05, 0) is 30.7 Å². The highest BCUT2D eigenvalue weighted by Crippen LogP contribution is 2.25. The second kappa shape index (κ2) is 7.31. The highest BCUT2D eigenvalue weighted by molar-refractivity contribution is 7.15. The molecule has 0 atom stereocenters. The molecule has 0 fully saturated rings. The van der Waals surface area contributed by atoms with Crippen molar-refractivity contribution in [3.05, 3.63) is 54.2 Å². The number of fused-ring (bicyclic) bond motifs is 1. The zero-order chi connectivity index (χ0) is 16.9. The lowest BCUT2D eigenvalue weighted by Crippen LogP contribution is -2.23. The molecule has 1 N–H and O–H groups in total. The van der Waals surface area contributed by atoms with Crippen LogP contribution < -0.4 is 10.1 Å². The SMILES string of the molecule is C=CCNC(=O)CCc1csc2nc(-c3ccc(OC)cc3)cn12. The number of carbonyl (C=O) groups excluding carboxylic acids is 1. The molecule has 1 amide bonds. The molecular weight excluding hydrogens is 322 g/mol. The zero-order valence-electron chi connectivity index (χ0n) is 13.5. The summed E-state index contributed by atoms with van der Waals surface area (Å²) in [5.41, 5.74) is 3.05. The molecule has 24 heavy (non-hydrogen) atoms. The van der Waals surface area contributed by atoms with E-state index in [0.29, 0.717) is 19.4 Å². The van der Waals surface area contributed by atoms with Gasteiger partial charge >= 0.3 is 0 Å². The average molecular weight is 341 g/mol. The Labute approximate surface area is 144 Å². The van der Waals surface area contributed by atoms with Crippen LogP contribution in [0.3, 0.4) is 0 Å². The van der Waals surface area contributed by atoms with Crippen LogP contribution >= 0.6 is 11.3 Å². The first kappa shape index (κ1) is 16.3. The fourth-order valence-corrected chi connectivity index (χ4v) is 3.33. The molecule has 0 saturated carbocycles. The Bertz CT molecular complexity index is 849. The van der Waals surface area contributed by atoms with Crippen LogP contribution in [-0.4, -0.2) is 28.9 Å². The molecule has 124 valence electrons. The molecule has 0 spiro atoms. The van der Waals surface area contributed by atoms with Crippen molar-refractivity contribution in [3.63, 3.8) is 0 Å². The van der Waals surface area contributed by atoms with E-state index in [-0.39, 0.29) is 5.91 Å². The van der Waals surface area contributed by atoms with Gasteiger partial charge in [-0.3, -0.25) is 9.20 Å². The van der Waals surface area contributed by atoms with Gasteiger partial charge in [0.25, 0.3) is 0 Å². The number of aromatic nitrogens is 2. The minimum absolute atomic E-state index is 0.0322. The minimum Gasteiger partial charge on any atom is -0.497 e. The summed E-state index contributed by atoms with van der Waals surface area (Å²) < 4.78 is 7.24. The highest BCUT2D eigenvalue weighted by Gasteiger charge is 2.11. The van der Waals surface area contributed by atoms with Gasteiger partial charge in [0.2, 0.25) is 5.91 Å². The fraction of sp³-hybridized carbons (Fsp3) is 0.222. The van der Waals surface area contributed by atoms with Crippen LogP contribution in [0.25, 0.3) is 16.2 Å². The second-order valence-electron chi connectivity index (χ2n) is 5.33. The number of nitrogens with zero attached hydrogens (tertiary/aromatic N) is 2. The molecule has 3 aromatic rings.